The molecule has 2 rings (SSSR count). The molecule has 0 aliphatic carbocycles. The van der Waals surface area contributed by atoms with Gasteiger partial charge in [0.25, 0.3) is 0 Å². The van der Waals surface area contributed by atoms with Crippen LogP contribution < -0.4 is 0 Å². The fourth-order valence-corrected chi connectivity index (χ4v) is 2.38. The van der Waals surface area contributed by atoms with Crippen LogP contribution in [0.5, 0.6) is 0 Å². The van der Waals surface area contributed by atoms with Crippen LogP contribution in [0.3, 0.4) is 0 Å². The number of hydrogen-bond acceptors (Lipinski definition) is 2. The van der Waals surface area contributed by atoms with Gasteiger partial charge in [0.05, 0.1) is 18.2 Å². The predicted octanol–water partition coefficient (Wildman–Crippen LogP) is 3.32. The third-order valence-electron chi connectivity index (χ3n) is 2.49. The second-order valence-corrected chi connectivity index (χ2v) is 4.94. The van der Waals surface area contributed by atoms with Gasteiger partial charge < -0.3 is 5.11 Å². The fourth-order valence-electron chi connectivity index (χ4n) is 1.65. The zero-order valence-corrected chi connectivity index (χ0v) is 11.2. The molecule has 0 aliphatic heterocycles. The number of benzene rings is 2. The normalized spacial score (nSPS) is 9.94. The van der Waals surface area contributed by atoms with Crippen molar-refractivity contribution >= 4 is 22.6 Å². The largest absolute Gasteiger partial charge is 0.392 e. The molecular weight excluding hydrogens is 325 g/mol. The SMILES string of the molecule is N#Cc1ccc(-c2cc(I)cc(CO)c2)cc1. The lowest BCUT2D eigenvalue weighted by Crippen LogP contribution is -1.87. The Bertz CT molecular complexity index is 570. The maximum Gasteiger partial charge on any atom is 0.0991 e. The summed E-state index contributed by atoms with van der Waals surface area (Å²) < 4.78 is 1.09. The minimum atomic E-state index is 0.0418. The van der Waals surface area contributed by atoms with E-state index in [9.17, 15) is 0 Å². The van der Waals surface area contributed by atoms with E-state index in [4.69, 9.17) is 10.4 Å². The van der Waals surface area contributed by atoms with Gasteiger partial charge in [-0.25, -0.2) is 0 Å². The molecule has 0 spiro atoms. The first kappa shape index (κ1) is 12.1. The Morgan fingerprint density at radius 3 is 2.35 bits per heavy atom. The molecule has 0 amide bonds. The average molecular weight is 335 g/mol. The van der Waals surface area contributed by atoms with Crippen molar-refractivity contribution in [3.63, 3.8) is 0 Å². The second kappa shape index (κ2) is 5.30. The van der Waals surface area contributed by atoms with Crippen molar-refractivity contribution in [1.82, 2.24) is 0 Å². The number of halogens is 1. The van der Waals surface area contributed by atoms with Gasteiger partial charge in [0.1, 0.15) is 0 Å². The summed E-state index contributed by atoms with van der Waals surface area (Å²) in [4.78, 5) is 0. The summed E-state index contributed by atoms with van der Waals surface area (Å²) in [5, 5.41) is 17.9. The number of aliphatic hydroxyl groups is 1. The van der Waals surface area contributed by atoms with E-state index in [1.54, 1.807) is 12.1 Å². The van der Waals surface area contributed by atoms with Crippen LogP contribution in [0.4, 0.5) is 0 Å². The Hall–Kier alpha value is -1.38. The molecule has 0 unspecified atom stereocenters. The highest BCUT2D eigenvalue weighted by atomic mass is 127. The van der Waals surface area contributed by atoms with Crippen molar-refractivity contribution in [2.24, 2.45) is 0 Å². The molecule has 0 saturated carbocycles. The highest BCUT2D eigenvalue weighted by molar-refractivity contribution is 14.1. The Morgan fingerprint density at radius 1 is 1.06 bits per heavy atom. The molecule has 17 heavy (non-hydrogen) atoms. The van der Waals surface area contributed by atoms with Gasteiger partial charge in [-0.2, -0.15) is 5.26 Å². The van der Waals surface area contributed by atoms with Crippen molar-refractivity contribution in [2.75, 3.05) is 0 Å². The van der Waals surface area contributed by atoms with Crippen LogP contribution in [0.15, 0.2) is 42.5 Å². The molecule has 0 bridgehead atoms. The van der Waals surface area contributed by atoms with Gasteiger partial charge >= 0.3 is 0 Å². The highest BCUT2D eigenvalue weighted by Gasteiger charge is 2.02. The lowest BCUT2D eigenvalue weighted by Gasteiger charge is -2.05. The molecule has 0 radical (unpaired) electrons. The van der Waals surface area contributed by atoms with Crippen LogP contribution in [-0.2, 0) is 6.61 Å². The summed E-state index contributed by atoms with van der Waals surface area (Å²) in [5.74, 6) is 0. The molecule has 0 aromatic heterocycles. The van der Waals surface area contributed by atoms with Crippen molar-refractivity contribution in [1.29, 1.82) is 5.26 Å². The van der Waals surface area contributed by atoms with Gasteiger partial charge in [0.2, 0.25) is 0 Å². The standard InChI is InChI=1S/C14H10INO/c15-14-6-11(9-17)5-13(7-14)12-3-1-10(8-16)2-4-12/h1-7,17H,9H2. The van der Waals surface area contributed by atoms with Gasteiger partial charge in [-0.3, -0.25) is 0 Å². The van der Waals surface area contributed by atoms with E-state index in [1.807, 2.05) is 24.3 Å². The van der Waals surface area contributed by atoms with Crippen LogP contribution in [0.2, 0.25) is 0 Å². The van der Waals surface area contributed by atoms with E-state index in [0.717, 1.165) is 20.3 Å². The average Bonchev–Trinajstić information content (AvgIpc) is 2.38. The summed E-state index contributed by atoms with van der Waals surface area (Å²) >= 11 is 2.23. The van der Waals surface area contributed by atoms with Crippen LogP contribution in [-0.4, -0.2) is 5.11 Å². The first-order chi connectivity index (χ1) is 8.22. The molecule has 84 valence electrons. The summed E-state index contributed by atoms with van der Waals surface area (Å²) in [7, 11) is 0. The van der Waals surface area contributed by atoms with Crippen molar-refractivity contribution < 1.29 is 5.11 Å². The molecule has 0 aliphatic rings. The highest BCUT2D eigenvalue weighted by Crippen LogP contribution is 2.23. The fraction of sp³-hybridized carbons (Fsp3) is 0.0714. The second-order valence-electron chi connectivity index (χ2n) is 3.70. The molecule has 2 aromatic rings. The maximum absolute atomic E-state index is 9.17. The minimum Gasteiger partial charge on any atom is -0.392 e. The van der Waals surface area contributed by atoms with Crippen LogP contribution in [0.25, 0.3) is 11.1 Å². The van der Waals surface area contributed by atoms with E-state index in [1.165, 1.54) is 0 Å². The van der Waals surface area contributed by atoms with E-state index in [-0.39, 0.29) is 6.61 Å². The van der Waals surface area contributed by atoms with Crippen molar-refractivity contribution in [3.8, 4) is 17.2 Å². The molecule has 0 fully saturated rings. The Balaban J connectivity index is 2.45. The smallest absolute Gasteiger partial charge is 0.0991 e. The number of hydrogen-bond donors (Lipinski definition) is 1. The van der Waals surface area contributed by atoms with Crippen molar-refractivity contribution in [2.45, 2.75) is 6.61 Å². The van der Waals surface area contributed by atoms with Gasteiger partial charge in [0, 0.05) is 3.57 Å². The van der Waals surface area contributed by atoms with Gasteiger partial charge in [-0.1, -0.05) is 12.1 Å². The third kappa shape index (κ3) is 2.84. The summed E-state index contributed by atoms with van der Waals surface area (Å²) in [6.07, 6.45) is 0. The summed E-state index contributed by atoms with van der Waals surface area (Å²) in [6.45, 7) is 0.0418. The van der Waals surface area contributed by atoms with E-state index in [0.29, 0.717) is 5.56 Å². The number of rotatable bonds is 2. The van der Waals surface area contributed by atoms with Crippen LogP contribution in [0.1, 0.15) is 11.1 Å². The maximum atomic E-state index is 9.17. The van der Waals surface area contributed by atoms with Crippen LogP contribution >= 0.6 is 22.6 Å². The topological polar surface area (TPSA) is 44.0 Å². The first-order valence-corrected chi connectivity index (χ1v) is 6.21. The molecule has 2 aromatic carbocycles. The number of nitrogens with zero attached hydrogens (tertiary/aromatic N) is 1. The van der Waals surface area contributed by atoms with Gasteiger partial charge in [0.15, 0.2) is 0 Å². The van der Waals surface area contributed by atoms with Gasteiger partial charge in [-0.05, 0) is 69.6 Å². The zero-order chi connectivity index (χ0) is 12.3. The molecule has 3 heteroatoms. The van der Waals surface area contributed by atoms with Gasteiger partial charge in [-0.15, -0.1) is 0 Å². The molecule has 0 saturated heterocycles. The molecule has 0 heterocycles. The van der Waals surface area contributed by atoms with E-state index >= 15 is 0 Å². The Morgan fingerprint density at radius 2 is 1.76 bits per heavy atom. The van der Waals surface area contributed by atoms with Crippen LogP contribution in [0, 0.1) is 14.9 Å². The van der Waals surface area contributed by atoms with E-state index in [2.05, 4.69) is 34.7 Å². The number of nitriles is 1. The quantitative estimate of drug-likeness (QED) is 0.856. The predicted molar refractivity (Wildman–Crippen MR) is 75.2 cm³/mol. The molecule has 2 nitrogen and oxygen atoms in total. The lowest BCUT2D eigenvalue weighted by molar-refractivity contribution is 0.282. The van der Waals surface area contributed by atoms with E-state index < -0.39 is 0 Å². The zero-order valence-electron chi connectivity index (χ0n) is 9.02. The monoisotopic (exact) mass is 335 g/mol. The first-order valence-electron chi connectivity index (χ1n) is 5.14. The Labute approximate surface area is 114 Å². The third-order valence-corrected chi connectivity index (χ3v) is 3.11. The molecule has 1 N–H and O–H groups in total. The number of aliphatic hydroxyl groups excluding tert-OH is 1. The summed E-state index contributed by atoms with van der Waals surface area (Å²) in [5.41, 5.74) is 3.67. The Kier molecular flexibility index (Phi) is 3.77. The minimum absolute atomic E-state index is 0.0418. The van der Waals surface area contributed by atoms with Crippen molar-refractivity contribution in [3.05, 3.63) is 57.2 Å². The molecular formula is C14H10INO. The summed E-state index contributed by atoms with van der Waals surface area (Å²) in [6, 6.07) is 15.5. The molecule has 0 atom stereocenters. The lowest BCUT2D eigenvalue weighted by atomic mass is 10.0.